The molecule has 2 amide bonds. The summed E-state index contributed by atoms with van der Waals surface area (Å²) in [7, 11) is 0. The van der Waals surface area contributed by atoms with Gasteiger partial charge in [0.2, 0.25) is 5.91 Å². The third-order valence-electron chi connectivity index (χ3n) is 4.51. The number of carbonyl (C=O) groups is 2. The molecule has 6 heteroatoms. The molecule has 0 saturated carbocycles. The lowest BCUT2D eigenvalue weighted by molar-refractivity contribution is -0.114. The van der Waals surface area contributed by atoms with Crippen LogP contribution in [0.1, 0.15) is 28.4 Å². The number of carbonyl (C=O) groups excluding carboxylic acids is 2. The van der Waals surface area contributed by atoms with Gasteiger partial charge < -0.3 is 19.7 Å². The van der Waals surface area contributed by atoms with Crippen molar-refractivity contribution in [3.05, 3.63) is 65.2 Å². The van der Waals surface area contributed by atoms with Gasteiger partial charge in [0, 0.05) is 31.3 Å². The van der Waals surface area contributed by atoms with Crippen LogP contribution in [0.15, 0.2) is 48.5 Å². The summed E-state index contributed by atoms with van der Waals surface area (Å²) in [6.45, 7) is 5.96. The molecule has 1 fully saturated rings. The molecule has 28 heavy (non-hydrogen) atoms. The van der Waals surface area contributed by atoms with Gasteiger partial charge in [-0.2, -0.15) is 0 Å². The molecule has 0 spiro atoms. The Hall–Kier alpha value is -2.70. The highest BCUT2D eigenvalue weighted by Gasteiger charge is 2.25. The van der Waals surface area contributed by atoms with E-state index in [1.165, 1.54) is 12.5 Å². The van der Waals surface area contributed by atoms with E-state index in [4.69, 9.17) is 9.47 Å². The van der Waals surface area contributed by atoms with E-state index in [1.54, 1.807) is 29.2 Å². The smallest absolute Gasteiger partial charge is 0.254 e. The second-order valence-corrected chi connectivity index (χ2v) is 7.01. The van der Waals surface area contributed by atoms with Crippen molar-refractivity contribution in [2.24, 2.45) is 0 Å². The summed E-state index contributed by atoms with van der Waals surface area (Å²) >= 11 is 0. The van der Waals surface area contributed by atoms with Crippen LogP contribution < -0.4 is 5.32 Å². The molecule has 0 radical (unpaired) electrons. The van der Waals surface area contributed by atoms with Crippen LogP contribution in [0.3, 0.4) is 0 Å². The Balaban J connectivity index is 1.54. The average Bonchev–Trinajstić information content (AvgIpc) is 2.67. The van der Waals surface area contributed by atoms with Crippen molar-refractivity contribution in [2.45, 2.75) is 26.6 Å². The van der Waals surface area contributed by atoms with Crippen molar-refractivity contribution >= 4 is 17.5 Å². The highest BCUT2D eigenvalue weighted by molar-refractivity contribution is 5.96. The van der Waals surface area contributed by atoms with Gasteiger partial charge in [-0.25, -0.2) is 0 Å². The highest BCUT2D eigenvalue weighted by Crippen LogP contribution is 2.16. The van der Waals surface area contributed by atoms with Crippen LogP contribution in [-0.2, 0) is 20.9 Å². The lowest BCUT2D eigenvalue weighted by Crippen LogP contribution is -2.47. The van der Waals surface area contributed by atoms with E-state index < -0.39 is 0 Å². The number of anilines is 1. The number of benzene rings is 2. The zero-order valence-electron chi connectivity index (χ0n) is 16.3. The minimum atomic E-state index is -0.165. The predicted molar refractivity (Wildman–Crippen MR) is 107 cm³/mol. The molecule has 1 heterocycles. The SMILES string of the molecule is CC(=O)Nc1cccc(C(=O)N2CCOC(COCc3cccc(C)c3)C2)c1. The fourth-order valence-corrected chi connectivity index (χ4v) is 3.23. The molecule has 2 aromatic carbocycles. The Bertz CT molecular complexity index is 837. The minimum Gasteiger partial charge on any atom is -0.374 e. The fourth-order valence-electron chi connectivity index (χ4n) is 3.23. The first kappa shape index (κ1) is 20.0. The summed E-state index contributed by atoms with van der Waals surface area (Å²) in [4.78, 5) is 25.8. The topological polar surface area (TPSA) is 67.9 Å². The lowest BCUT2D eigenvalue weighted by Gasteiger charge is -2.33. The normalized spacial score (nSPS) is 16.6. The monoisotopic (exact) mass is 382 g/mol. The maximum atomic E-state index is 12.8. The summed E-state index contributed by atoms with van der Waals surface area (Å²) in [6, 6.07) is 15.2. The van der Waals surface area contributed by atoms with E-state index in [9.17, 15) is 9.59 Å². The molecule has 0 aromatic heterocycles. The Morgan fingerprint density at radius 3 is 2.82 bits per heavy atom. The zero-order chi connectivity index (χ0) is 19.9. The van der Waals surface area contributed by atoms with E-state index in [2.05, 4.69) is 24.4 Å². The van der Waals surface area contributed by atoms with Crippen LogP contribution in [0.5, 0.6) is 0 Å². The van der Waals surface area contributed by atoms with Gasteiger partial charge >= 0.3 is 0 Å². The van der Waals surface area contributed by atoms with Crippen molar-refractivity contribution in [1.29, 1.82) is 0 Å². The van der Waals surface area contributed by atoms with E-state index in [0.29, 0.717) is 44.2 Å². The largest absolute Gasteiger partial charge is 0.374 e. The zero-order valence-corrected chi connectivity index (χ0v) is 16.3. The van der Waals surface area contributed by atoms with Crippen LogP contribution in [0.2, 0.25) is 0 Å². The summed E-state index contributed by atoms with van der Waals surface area (Å²) in [5.74, 6) is -0.235. The summed E-state index contributed by atoms with van der Waals surface area (Å²) in [6.07, 6.45) is -0.152. The Morgan fingerprint density at radius 1 is 1.21 bits per heavy atom. The maximum absolute atomic E-state index is 12.8. The number of nitrogens with one attached hydrogen (secondary N) is 1. The average molecular weight is 382 g/mol. The molecule has 3 rings (SSSR count). The first-order chi connectivity index (χ1) is 13.5. The molecule has 0 bridgehead atoms. The second kappa shape index (κ2) is 9.48. The Labute approximate surface area is 165 Å². The van der Waals surface area contributed by atoms with Crippen LogP contribution in [-0.4, -0.2) is 49.1 Å². The number of ether oxygens (including phenoxy) is 2. The molecule has 1 saturated heterocycles. The van der Waals surface area contributed by atoms with Crippen LogP contribution in [0.25, 0.3) is 0 Å². The van der Waals surface area contributed by atoms with Crippen molar-refractivity contribution in [1.82, 2.24) is 4.90 Å². The number of hydrogen-bond acceptors (Lipinski definition) is 4. The van der Waals surface area contributed by atoms with Gasteiger partial charge in [0.05, 0.1) is 25.9 Å². The van der Waals surface area contributed by atoms with Crippen molar-refractivity contribution in [3.63, 3.8) is 0 Å². The Kier molecular flexibility index (Phi) is 6.79. The molecule has 1 N–H and O–H groups in total. The van der Waals surface area contributed by atoms with Crippen LogP contribution in [0, 0.1) is 6.92 Å². The van der Waals surface area contributed by atoms with Crippen molar-refractivity contribution in [3.8, 4) is 0 Å². The Morgan fingerprint density at radius 2 is 2.04 bits per heavy atom. The lowest BCUT2D eigenvalue weighted by atomic mass is 10.1. The first-order valence-corrected chi connectivity index (χ1v) is 9.43. The second-order valence-electron chi connectivity index (χ2n) is 7.01. The van der Waals surface area contributed by atoms with E-state index in [0.717, 1.165) is 5.56 Å². The molecule has 6 nitrogen and oxygen atoms in total. The predicted octanol–water partition coefficient (Wildman–Crippen LogP) is 3.01. The molecule has 1 unspecified atom stereocenters. The number of morpholine rings is 1. The molecule has 1 aliphatic heterocycles. The van der Waals surface area contributed by atoms with Crippen LogP contribution in [0.4, 0.5) is 5.69 Å². The molecule has 2 aromatic rings. The van der Waals surface area contributed by atoms with Crippen LogP contribution >= 0.6 is 0 Å². The molecule has 0 aliphatic carbocycles. The summed E-state index contributed by atoms with van der Waals surface area (Å²) in [5.41, 5.74) is 3.49. The first-order valence-electron chi connectivity index (χ1n) is 9.43. The van der Waals surface area contributed by atoms with Gasteiger partial charge in [0.25, 0.3) is 5.91 Å². The number of aryl methyl sites for hydroxylation is 1. The van der Waals surface area contributed by atoms with Gasteiger partial charge in [-0.05, 0) is 30.7 Å². The fraction of sp³-hybridized carbons (Fsp3) is 0.364. The summed E-state index contributed by atoms with van der Waals surface area (Å²) in [5, 5.41) is 2.70. The number of rotatable bonds is 6. The molecular weight excluding hydrogens is 356 g/mol. The van der Waals surface area contributed by atoms with Gasteiger partial charge in [0.15, 0.2) is 0 Å². The molecular formula is C22H26N2O4. The molecule has 1 aliphatic rings. The number of hydrogen-bond donors (Lipinski definition) is 1. The van der Waals surface area contributed by atoms with E-state index in [-0.39, 0.29) is 17.9 Å². The summed E-state index contributed by atoms with van der Waals surface area (Å²) < 4.78 is 11.6. The van der Waals surface area contributed by atoms with Crippen molar-refractivity contribution in [2.75, 3.05) is 31.6 Å². The standard InChI is InChI=1S/C22H26N2O4/c1-16-5-3-6-18(11-16)14-27-15-21-13-24(9-10-28-21)22(26)19-7-4-8-20(12-19)23-17(2)25/h3-8,11-12,21H,9-10,13-15H2,1-2H3,(H,23,25). The third-order valence-corrected chi connectivity index (χ3v) is 4.51. The number of amides is 2. The van der Waals surface area contributed by atoms with Crippen molar-refractivity contribution < 1.29 is 19.1 Å². The van der Waals surface area contributed by atoms with Gasteiger partial charge in [-0.1, -0.05) is 35.9 Å². The molecule has 148 valence electrons. The van der Waals surface area contributed by atoms with Gasteiger partial charge in [-0.3, -0.25) is 9.59 Å². The van der Waals surface area contributed by atoms with Gasteiger partial charge in [-0.15, -0.1) is 0 Å². The maximum Gasteiger partial charge on any atom is 0.254 e. The highest BCUT2D eigenvalue weighted by atomic mass is 16.5. The van der Waals surface area contributed by atoms with E-state index in [1.807, 2.05) is 12.1 Å². The quantitative estimate of drug-likeness (QED) is 0.834. The molecule has 1 atom stereocenters. The van der Waals surface area contributed by atoms with E-state index >= 15 is 0 Å². The number of nitrogens with zero attached hydrogens (tertiary/aromatic N) is 1. The third kappa shape index (κ3) is 5.65. The minimum absolute atomic E-state index is 0.0702. The van der Waals surface area contributed by atoms with Gasteiger partial charge in [0.1, 0.15) is 0 Å².